The lowest BCUT2D eigenvalue weighted by Crippen LogP contribution is -2.45. The van der Waals surface area contributed by atoms with Crippen molar-refractivity contribution in [1.82, 2.24) is 10.2 Å². The zero-order valence-corrected chi connectivity index (χ0v) is 14.4. The fraction of sp³-hybridized carbons (Fsp3) is 0.579. The van der Waals surface area contributed by atoms with Crippen LogP contribution in [0.4, 0.5) is 5.69 Å². The second kappa shape index (κ2) is 7.90. The van der Waals surface area contributed by atoms with Gasteiger partial charge in [-0.05, 0) is 57.2 Å². The second-order valence-corrected chi connectivity index (χ2v) is 7.05. The number of para-hydroxylation sites is 1. The van der Waals surface area contributed by atoms with Crippen molar-refractivity contribution in [2.45, 2.75) is 38.6 Å². The molecular weight excluding hydrogens is 302 g/mol. The molecule has 3 rings (SSSR count). The maximum absolute atomic E-state index is 12.3. The average Bonchev–Trinajstić information content (AvgIpc) is 3.39. The number of anilines is 1. The maximum Gasteiger partial charge on any atom is 0.238 e. The van der Waals surface area contributed by atoms with E-state index in [2.05, 4.69) is 15.5 Å². The van der Waals surface area contributed by atoms with E-state index in [9.17, 15) is 9.59 Å². The Bertz CT molecular complexity index is 590. The van der Waals surface area contributed by atoms with E-state index in [0.29, 0.717) is 23.8 Å². The number of nitrogens with zero attached hydrogens (tertiary/aromatic N) is 1. The third-order valence-corrected chi connectivity index (χ3v) is 4.93. The highest BCUT2D eigenvalue weighted by molar-refractivity contribution is 6.04. The van der Waals surface area contributed by atoms with Gasteiger partial charge < -0.3 is 10.6 Å². The van der Waals surface area contributed by atoms with Gasteiger partial charge in [-0.25, -0.2) is 0 Å². The van der Waals surface area contributed by atoms with Crippen molar-refractivity contribution in [1.29, 1.82) is 0 Å². The van der Waals surface area contributed by atoms with Gasteiger partial charge in [0, 0.05) is 24.7 Å². The minimum absolute atomic E-state index is 0.0338. The van der Waals surface area contributed by atoms with Gasteiger partial charge in [-0.1, -0.05) is 12.1 Å². The lowest BCUT2D eigenvalue weighted by atomic mass is 10.0. The van der Waals surface area contributed by atoms with Crippen molar-refractivity contribution < 1.29 is 9.59 Å². The van der Waals surface area contributed by atoms with Crippen molar-refractivity contribution in [2.75, 3.05) is 31.5 Å². The van der Waals surface area contributed by atoms with Gasteiger partial charge in [0.2, 0.25) is 5.91 Å². The summed E-state index contributed by atoms with van der Waals surface area (Å²) in [5.74, 6) is 0.830. The van der Waals surface area contributed by atoms with E-state index in [-0.39, 0.29) is 11.7 Å². The van der Waals surface area contributed by atoms with E-state index in [0.717, 1.165) is 38.4 Å². The molecule has 1 amide bonds. The molecule has 1 heterocycles. The molecule has 0 unspecified atom stereocenters. The molecule has 1 saturated carbocycles. The molecule has 0 aromatic heterocycles. The summed E-state index contributed by atoms with van der Waals surface area (Å²) in [6.07, 6.45) is 4.97. The number of ketones is 1. The molecule has 24 heavy (non-hydrogen) atoms. The maximum atomic E-state index is 12.3. The first kappa shape index (κ1) is 17.1. The zero-order valence-electron chi connectivity index (χ0n) is 14.4. The van der Waals surface area contributed by atoms with Gasteiger partial charge in [0.15, 0.2) is 5.78 Å². The average molecular weight is 329 g/mol. The smallest absolute Gasteiger partial charge is 0.238 e. The van der Waals surface area contributed by atoms with Crippen LogP contribution in [0.15, 0.2) is 24.3 Å². The van der Waals surface area contributed by atoms with Crippen LogP contribution in [0.1, 0.15) is 43.0 Å². The van der Waals surface area contributed by atoms with Crippen LogP contribution < -0.4 is 10.6 Å². The Kier molecular flexibility index (Phi) is 5.63. The minimum atomic E-state index is -0.0481. The predicted octanol–water partition coefficient (Wildman–Crippen LogP) is 2.29. The third-order valence-electron chi connectivity index (χ3n) is 4.93. The zero-order chi connectivity index (χ0) is 16.9. The molecular formula is C19H27N3O2. The molecule has 1 saturated heterocycles. The molecule has 1 aromatic carbocycles. The van der Waals surface area contributed by atoms with Gasteiger partial charge in [-0.3, -0.25) is 14.5 Å². The molecule has 2 aliphatic rings. The molecule has 5 nitrogen and oxygen atoms in total. The number of hydrogen-bond donors (Lipinski definition) is 2. The Labute approximate surface area is 143 Å². The van der Waals surface area contributed by atoms with Crippen LogP contribution in [-0.4, -0.2) is 48.8 Å². The van der Waals surface area contributed by atoms with Crippen LogP contribution in [0.25, 0.3) is 0 Å². The number of carbonyl (C=O) groups is 2. The van der Waals surface area contributed by atoms with Crippen molar-refractivity contribution >= 4 is 17.4 Å². The summed E-state index contributed by atoms with van der Waals surface area (Å²) in [5, 5.41) is 6.53. The van der Waals surface area contributed by atoms with Gasteiger partial charge in [0.05, 0.1) is 12.2 Å². The van der Waals surface area contributed by atoms with E-state index >= 15 is 0 Å². The molecule has 0 spiro atoms. The fourth-order valence-corrected chi connectivity index (χ4v) is 3.24. The summed E-state index contributed by atoms with van der Waals surface area (Å²) >= 11 is 0. The molecule has 1 aromatic rings. The van der Waals surface area contributed by atoms with Crippen LogP contribution in [0, 0.1) is 5.92 Å². The van der Waals surface area contributed by atoms with Crippen LogP contribution in [0.2, 0.25) is 0 Å². The van der Waals surface area contributed by atoms with E-state index in [1.807, 2.05) is 12.1 Å². The van der Waals surface area contributed by atoms with Crippen LogP contribution >= 0.6 is 0 Å². The molecule has 1 aliphatic carbocycles. The van der Waals surface area contributed by atoms with E-state index in [4.69, 9.17) is 0 Å². The number of carbonyl (C=O) groups excluding carboxylic acids is 2. The van der Waals surface area contributed by atoms with E-state index < -0.39 is 0 Å². The van der Waals surface area contributed by atoms with Crippen molar-refractivity contribution in [3.05, 3.63) is 29.8 Å². The Balaban J connectivity index is 1.43. The highest BCUT2D eigenvalue weighted by atomic mass is 16.2. The van der Waals surface area contributed by atoms with Crippen LogP contribution in [0.3, 0.4) is 0 Å². The normalized spacial score (nSPS) is 19.2. The Morgan fingerprint density at radius 2 is 1.83 bits per heavy atom. The minimum Gasteiger partial charge on any atom is -0.324 e. The van der Waals surface area contributed by atoms with E-state index in [1.54, 1.807) is 12.1 Å². The number of likely N-dealkylation sites (tertiary alicyclic amines) is 1. The van der Waals surface area contributed by atoms with Crippen LogP contribution in [0.5, 0.6) is 0 Å². The number of Topliss-reactive ketones (excluding diaryl/α,β-unsaturated/α-hetero) is 1. The van der Waals surface area contributed by atoms with Gasteiger partial charge in [0.25, 0.3) is 0 Å². The molecule has 2 fully saturated rings. The molecule has 0 bridgehead atoms. The summed E-state index contributed by atoms with van der Waals surface area (Å²) in [6.45, 7) is 4.97. The highest BCUT2D eigenvalue weighted by Crippen LogP contribution is 2.28. The Morgan fingerprint density at radius 1 is 1.12 bits per heavy atom. The van der Waals surface area contributed by atoms with Gasteiger partial charge in [-0.15, -0.1) is 0 Å². The Hall–Kier alpha value is -1.72. The van der Waals surface area contributed by atoms with E-state index in [1.165, 1.54) is 19.8 Å². The molecule has 2 N–H and O–H groups in total. The molecule has 1 aliphatic heterocycles. The SMILES string of the molecule is CC(=O)c1ccccc1NC(=O)CN1CCC(NCC2CC2)CC1. The number of amides is 1. The summed E-state index contributed by atoms with van der Waals surface area (Å²) in [5.41, 5.74) is 1.17. The lowest BCUT2D eigenvalue weighted by Gasteiger charge is -2.32. The number of nitrogens with one attached hydrogen (secondary N) is 2. The third kappa shape index (κ3) is 4.89. The van der Waals surface area contributed by atoms with Crippen molar-refractivity contribution in [3.63, 3.8) is 0 Å². The number of piperidine rings is 1. The van der Waals surface area contributed by atoms with Gasteiger partial charge in [-0.2, -0.15) is 0 Å². The second-order valence-electron chi connectivity index (χ2n) is 7.05. The quantitative estimate of drug-likeness (QED) is 0.754. The summed E-state index contributed by atoms with van der Waals surface area (Å²) in [7, 11) is 0. The summed E-state index contributed by atoms with van der Waals surface area (Å²) < 4.78 is 0. The first-order valence-electron chi connectivity index (χ1n) is 8.97. The molecule has 5 heteroatoms. The first-order chi connectivity index (χ1) is 11.6. The van der Waals surface area contributed by atoms with Gasteiger partial charge >= 0.3 is 0 Å². The number of hydrogen-bond acceptors (Lipinski definition) is 4. The Morgan fingerprint density at radius 3 is 2.50 bits per heavy atom. The highest BCUT2D eigenvalue weighted by Gasteiger charge is 2.25. The molecule has 130 valence electrons. The molecule has 0 atom stereocenters. The number of rotatable bonds is 7. The largest absolute Gasteiger partial charge is 0.324 e. The van der Waals surface area contributed by atoms with Crippen LogP contribution in [-0.2, 0) is 4.79 Å². The standard InChI is InChI=1S/C19H27N3O2/c1-14(23)17-4-2-3-5-18(17)21-19(24)13-22-10-8-16(9-11-22)20-12-15-6-7-15/h2-5,15-16,20H,6-13H2,1H3,(H,21,24). The fourth-order valence-electron chi connectivity index (χ4n) is 3.24. The summed E-state index contributed by atoms with van der Waals surface area (Å²) in [4.78, 5) is 26.1. The van der Waals surface area contributed by atoms with Gasteiger partial charge in [0.1, 0.15) is 0 Å². The van der Waals surface area contributed by atoms with Crippen molar-refractivity contribution in [2.24, 2.45) is 5.92 Å². The monoisotopic (exact) mass is 329 g/mol. The lowest BCUT2D eigenvalue weighted by molar-refractivity contribution is -0.117. The predicted molar refractivity (Wildman–Crippen MR) is 95.3 cm³/mol. The molecule has 0 radical (unpaired) electrons. The van der Waals surface area contributed by atoms with Crippen molar-refractivity contribution in [3.8, 4) is 0 Å². The first-order valence-corrected chi connectivity index (χ1v) is 8.97. The topological polar surface area (TPSA) is 61.4 Å². The number of benzene rings is 1. The summed E-state index contributed by atoms with van der Waals surface area (Å²) in [6, 6.07) is 7.77.